The fraction of sp³-hybridized carbons (Fsp3) is 0.467. The van der Waals surface area contributed by atoms with Gasteiger partial charge in [0.15, 0.2) is 6.10 Å². The number of urea groups is 1. The molecule has 126 valence electrons. The van der Waals surface area contributed by atoms with E-state index in [1.807, 2.05) is 13.8 Å². The molecule has 1 aliphatic heterocycles. The van der Waals surface area contributed by atoms with Gasteiger partial charge in [0, 0.05) is 12.6 Å². The van der Waals surface area contributed by atoms with Crippen LogP contribution in [-0.4, -0.2) is 48.7 Å². The lowest BCUT2D eigenvalue weighted by molar-refractivity contribution is -0.133. The van der Waals surface area contributed by atoms with E-state index in [4.69, 9.17) is 26.8 Å². The van der Waals surface area contributed by atoms with Crippen molar-refractivity contribution in [3.05, 3.63) is 23.2 Å². The molecule has 1 fully saturated rings. The van der Waals surface area contributed by atoms with E-state index in [0.29, 0.717) is 23.0 Å². The molecule has 1 atom stereocenters. The Hall–Kier alpha value is -1.99. The van der Waals surface area contributed by atoms with E-state index in [1.54, 1.807) is 18.2 Å². The van der Waals surface area contributed by atoms with Crippen LogP contribution in [0.1, 0.15) is 13.8 Å². The fourth-order valence-corrected chi connectivity index (χ4v) is 2.36. The first-order valence-corrected chi connectivity index (χ1v) is 7.67. The van der Waals surface area contributed by atoms with E-state index in [-0.39, 0.29) is 25.3 Å². The average molecular weight is 342 g/mol. The van der Waals surface area contributed by atoms with Crippen molar-refractivity contribution in [2.75, 3.05) is 25.0 Å². The van der Waals surface area contributed by atoms with Crippen LogP contribution in [0.25, 0.3) is 0 Å². The van der Waals surface area contributed by atoms with Crippen molar-refractivity contribution >= 4 is 29.2 Å². The van der Waals surface area contributed by atoms with Gasteiger partial charge in [-0.25, -0.2) is 4.79 Å². The van der Waals surface area contributed by atoms with Crippen LogP contribution in [0.3, 0.4) is 0 Å². The number of benzene rings is 1. The molecular weight excluding hydrogens is 322 g/mol. The third-order valence-corrected chi connectivity index (χ3v) is 3.54. The van der Waals surface area contributed by atoms with Gasteiger partial charge in [-0.2, -0.15) is 0 Å². The van der Waals surface area contributed by atoms with Crippen LogP contribution in [0, 0.1) is 0 Å². The zero-order valence-electron chi connectivity index (χ0n) is 13.0. The van der Waals surface area contributed by atoms with Crippen molar-refractivity contribution in [2.45, 2.75) is 26.1 Å². The van der Waals surface area contributed by atoms with E-state index in [2.05, 4.69) is 5.32 Å². The normalized spacial score (nSPS) is 17.9. The summed E-state index contributed by atoms with van der Waals surface area (Å²) in [5, 5.41) is 3.08. The second-order valence-electron chi connectivity index (χ2n) is 5.45. The third-order valence-electron chi connectivity index (χ3n) is 3.22. The van der Waals surface area contributed by atoms with Crippen molar-refractivity contribution in [3.63, 3.8) is 0 Å². The zero-order valence-corrected chi connectivity index (χ0v) is 13.8. The van der Waals surface area contributed by atoms with Gasteiger partial charge in [-0.15, -0.1) is 0 Å². The molecule has 0 aliphatic carbocycles. The van der Waals surface area contributed by atoms with Gasteiger partial charge in [-0.05, 0) is 26.0 Å². The number of rotatable bonds is 4. The molecule has 7 nitrogen and oxygen atoms in total. The number of amides is 3. The van der Waals surface area contributed by atoms with Gasteiger partial charge >= 0.3 is 6.03 Å². The van der Waals surface area contributed by atoms with Crippen LogP contribution in [0.4, 0.5) is 10.5 Å². The molecule has 0 spiro atoms. The minimum atomic E-state index is -0.785. The minimum absolute atomic E-state index is 0.0330. The molecule has 1 aliphatic rings. The number of morpholine rings is 1. The second-order valence-corrected chi connectivity index (χ2v) is 5.85. The first kappa shape index (κ1) is 17.4. The molecular formula is C15H20ClN3O4. The largest absolute Gasteiger partial charge is 0.491 e. The SMILES string of the molecule is CC(C)Oc1ccc(NC(=O)N2CCOC(C(N)=O)C2)c(Cl)c1. The standard InChI is InChI=1S/C15H20ClN3O4/c1-9(2)23-10-3-4-12(11(16)7-10)18-15(21)19-5-6-22-13(8-19)14(17)20/h3-4,7,9,13H,5-6,8H2,1-2H3,(H2,17,20)(H,18,21). The van der Waals surface area contributed by atoms with Crippen molar-refractivity contribution in [2.24, 2.45) is 5.73 Å². The Balaban J connectivity index is 2.01. The number of ether oxygens (including phenoxy) is 2. The fourth-order valence-electron chi connectivity index (χ4n) is 2.14. The van der Waals surface area contributed by atoms with E-state index in [9.17, 15) is 9.59 Å². The smallest absolute Gasteiger partial charge is 0.322 e. The highest BCUT2D eigenvalue weighted by molar-refractivity contribution is 6.33. The summed E-state index contributed by atoms with van der Waals surface area (Å²) in [6.07, 6.45) is -0.752. The monoisotopic (exact) mass is 341 g/mol. The lowest BCUT2D eigenvalue weighted by atomic mass is 10.2. The average Bonchev–Trinajstić information content (AvgIpc) is 2.49. The topological polar surface area (TPSA) is 93.9 Å². The quantitative estimate of drug-likeness (QED) is 0.873. The molecule has 0 saturated carbocycles. The molecule has 0 radical (unpaired) electrons. The predicted molar refractivity (Wildman–Crippen MR) is 86.7 cm³/mol. The van der Waals surface area contributed by atoms with E-state index in [1.165, 1.54) is 4.90 Å². The minimum Gasteiger partial charge on any atom is -0.491 e. The number of halogens is 1. The molecule has 1 saturated heterocycles. The van der Waals surface area contributed by atoms with Gasteiger partial charge in [-0.1, -0.05) is 11.6 Å². The van der Waals surface area contributed by atoms with Crippen LogP contribution in [0.15, 0.2) is 18.2 Å². The van der Waals surface area contributed by atoms with Gasteiger partial charge in [0.1, 0.15) is 5.75 Å². The summed E-state index contributed by atoms with van der Waals surface area (Å²) in [6, 6.07) is 4.68. The summed E-state index contributed by atoms with van der Waals surface area (Å²) < 4.78 is 10.7. The zero-order chi connectivity index (χ0) is 17.0. The summed E-state index contributed by atoms with van der Waals surface area (Å²) >= 11 is 6.16. The Morgan fingerprint density at radius 3 is 2.83 bits per heavy atom. The summed E-state index contributed by atoms with van der Waals surface area (Å²) in [5.41, 5.74) is 5.67. The lowest BCUT2D eigenvalue weighted by Crippen LogP contribution is -2.51. The molecule has 8 heteroatoms. The van der Waals surface area contributed by atoms with Gasteiger partial charge in [-0.3, -0.25) is 4.79 Å². The van der Waals surface area contributed by atoms with Crippen LogP contribution < -0.4 is 15.8 Å². The van der Waals surface area contributed by atoms with Crippen LogP contribution in [0.5, 0.6) is 5.75 Å². The van der Waals surface area contributed by atoms with Gasteiger partial charge in [0.05, 0.1) is 30.0 Å². The summed E-state index contributed by atoms with van der Waals surface area (Å²) in [5.74, 6) is 0.0406. The molecule has 23 heavy (non-hydrogen) atoms. The summed E-state index contributed by atoms with van der Waals surface area (Å²) in [7, 11) is 0. The maximum absolute atomic E-state index is 12.3. The van der Waals surface area contributed by atoms with Crippen molar-refractivity contribution in [3.8, 4) is 5.75 Å². The Labute approximate surface area is 139 Å². The number of carbonyl (C=O) groups excluding carboxylic acids is 2. The Bertz CT molecular complexity index is 594. The molecule has 0 aromatic heterocycles. The van der Waals surface area contributed by atoms with Gasteiger partial charge in [0.2, 0.25) is 5.91 Å². The number of anilines is 1. The number of nitrogens with one attached hydrogen (secondary N) is 1. The first-order chi connectivity index (χ1) is 10.9. The lowest BCUT2D eigenvalue weighted by Gasteiger charge is -2.31. The third kappa shape index (κ3) is 4.74. The number of nitrogens with two attached hydrogens (primary N) is 1. The number of hydrogen-bond acceptors (Lipinski definition) is 4. The molecule has 1 aromatic rings. The highest BCUT2D eigenvalue weighted by atomic mass is 35.5. The maximum Gasteiger partial charge on any atom is 0.322 e. The Morgan fingerprint density at radius 2 is 2.22 bits per heavy atom. The predicted octanol–water partition coefficient (Wildman–Crippen LogP) is 1.85. The van der Waals surface area contributed by atoms with Crippen LogP contribution in [0.2, 0.25) is 5.02 Å². The molecule has 1 heterocycles. The Kier molecular flexibility index (Phi) is 5.68. The van der Waals surface area contributed by atoms with Crippen molar-refractivity contribution in [1.29, 1.82) is 0 Å². The molecule has 2 rings (SSSR count). The van der Waals surface area contributed by atoms with Crippen LogP contribution in [-0.2, 0) is 9.53 Å². The number of nitrogens with zero attached hydrogens (tertiary/aromatic N) is 1. The molecule has 3 N–H and O–H groups in total. The maximum atomic E-state index is 12.3. The van der Waals surface area contributed by atoms with Crippen molar-refractivity contribution in [1.82, 2.24) is 4.90 Å². The van der Waals surface area contributed by atoms with E-state index >= 15 is 0 Å². The van der Waals surface area contributed by atoms with Crippen LogP contribution >= 0.6 is 11.6 Å². The van der Waals surface area contributed by atoms with Gasteiger partial charge in [0.25, 0.3) is 0 Å². The summed E-state index contributed by atoms with van der Waals surface area (Å²) in [4.78, 5) is 24.9. The molecule has 0 bridgehead atoms. The number of primary amides is 1. The van der Waals surface area contributed by atoms with E-state index < -0.39 is 12.0 Å². The number of carbonyl (C=O) groups is 2. The van der Waals surface area contributed by atoms with Gasteiger partial charge < -0.3 is 25.4 Å². The first-order valence-electron chi connectivity index (χ1n) is 7.30. The highest BCUT2D eigenvalue weighted by Crippen LogP contribution is 2.27. The molecule has 1 unspecified atom stereocenters. The highest BCUT2D eigenvalue weighted by Gasteiger charge is 2.28. The van der Waals surface area contributed by atoms with Crippen molar-refractivity contribution < 1.29 is 19.1 Å². The number of hydrogen-bond donors (Lipinski definition) is 2. The second kappa shape index (κ2) is 7.52. The summed E-state index contributed by atoms with van der Waals surface area (Å²) in [6.45, 7) is 4.58. The Morgan fingerprint density at radius 1 is 1.48 bits per heavy atom. The molecule has 3 amide bonds. The molecule has 1 aromatic carbocycles. The van der Waals surface area contributed by atoms with E-state index in [0.717, 1.165) is 0 Å².